The van der Waals surface area contributed by atoms with Crippen molar-refractivity contribution >= 4 is 68.7 Å². The number of hydrogen-bond donors (Lipinski definition) is 3. The second-order valence-electron chi connectivity index (χ2n) is 9.57. The van der Waals surface area contributed by atoms with E-state index in [9.17, 15) is 9.59 Å². The summed E-state index contributed by atoms with van der Waals surface area (Å²) in [5, 5.41) is 7.10. The van der Waals surface area contributed by atoms with Gasteiger partial charge in [0.05, 0.1) is 10.6 Å². The van der Waals surface area contributed by atoms with Crippen LogP contribution in [0.4, 0.5) is 5.00 Å². The van der Waals surface area contributed by atoms with Gasteiger partial charge in [0.25, 0.3) is 11.8 Å². The molecule has 0 unspecified atom stereocenters. The Hall–Kier alpha value is -2.39. The van der Waals surface area contributed by atoms with Crippen LogP contribution in [-0.4, -0.2) is 16.9 Å². The minimum atomic E-state index is -0.534. The molecule has 6 nitrogen and oxygen atoms in total. The molecule has 10 heteroatoms. The van der Waals surface area contributed by atoms with Gasteiger partial charge in [0.2, 0.25) is 0 Å². The van der Waals surface area contributed by atoms with Gasteiger partial charge in [-0.2, -0.15) is 0 Å². The van der Waals surface area contributed by atoms with Crippen molar-refractivity contribution in [3.8, 4) is 11.3 Å². The van der Waals surface area contributed by atoms with Crippen LogP contribution < -0.4 is 16.4 Å². The molecular formula is C25H25Cl2N3O3S2. The first-order chi connectivity index (χ1) is 16.4. The van der Waals surface area contributed by atoms with E-state index in [1.807, 2.05) is 0 Å². The van der Waals surface area contributed by atoms with Gasteiger partial charge in [-0.25, -0.2) is 0 Å². The molecule has 1 atom stereocenters. The van der Waals surface area contributed by atoms with E-state index in [-0.39, 0.29) is 16.3 Å². The molecule has 184 valence electrons. The third-order valence-electron chi connectivity index (χ3n) is 6.22. The van der Waals surface area contributed by atoms with E-state index < -0.39 is 11.8 Å². The second kappa shape index (κ2) is 9.93. The van der Waals surface area contributed by atoms with Gasteiger partial charge in [-0.15, -0.1) is 11.3 Å². The van der Waals surface area contributed by atoms with Gasteiger partial charge < -0.3 is 15.5 Å². The molecule has 0 aliphatic heterocycles. The summed E-state index contributed by atoms with van der Waals surface area (Å²) in [5.41, 5.74) is 7.93. The number of carbonyl (C=O) groups is 2. The Kier molecular flexibility index (Phi) is 7.29. The first-order valence-corrected chi connectivity index (χ1v) is 13.0. The summed E-state index contributed by atoms with van der Waals surface area (Å²) < 4.78 is 5.68. The van der Waals surface area contributed by atoms with Crippen molar-refractivity contribution in [2.45, 2.75) is 40.0 Å². The molecule has 0 saturated heterocycles. The van der Waals surface area contributed by atoms with E-state index in [2.05, 4.69) is 31.4 Å². The molecule has 1 aliphatic carbocycles. The normalized spacial score (nSPS) is 15.4. The molecule has 1 aromatic carbocycles. The standard InChI is InChI=1S/C25H25Cl2N3O3S2/c1-25(2,3)12-4-6-15-19(10-12)35-23(20(15)21(28)31)30-24(34)29-22(32)18-9-8-17(33-18)14-7-5-13(26)11-16(14)27/h5,7-9,11-12H,4,6,10H2,1-3H3,(H2,28,31)(H2,29,30,32,34)/t12-/m0/s1. The summed E-state index contributed by atoms with van der Waals surface area (Å²) in [6, 6.07) is 8.17. The maximum absolute atomic E-state index is 12.7. The zero-order valence-corrected chi connectivity index (χ0v) is 22.6. The minimum Gasteiger partial charge on any atom is -0.451 e. The number of fused-ring (bicyclic) bond motifs is 1. The Morgan fingerprint density at radius 2 is 1.94 bits per heavy atom. The lowest BCUT2D eigenvalue weighted by Crippen LogP contribution is -2.34. The number of benzene rings is 1. The van der Waals surface area contributed by atoms with Crippen molar-refractivity contribution in [1.82, 2.24) is 5.32 Å². The van der Waals surface area contributed by atoms with Crippen LogP contribution in [-0.2, 0) is 12.8 Å². The molecule has 2 aromatic heterocycles. The molecule has 0 spiro atoms. The second-order valence-corrected chi connectivity index (χ2v) is 11.9. The Bertz CT molecular complexity index is 1320. The SMILES string of the molecule is CC(C)(C)[C@H]1CCc2c(sc(NC(=S)NC(=O)c3ccc(-c4ccc(Cl)cc4Cl)o3)c2C(N)=O)C1. The summed E-state index contributed by atoms with van der Waals surface area (Å²) in [7, 11) is 0. The highest BCUT2D eigenvalue weighted by atomic mass is 35.5. The molecule has 0 saturated carbocycles. The van der Waals surface area contributed by atoms with Crippen molar-refractivity contribution in [3.63, 3.8) is 0 Å². The van der Waals surface area contributed by atoms with Crippen LogP contribution in [0.15, 0.2) is 34.7 Å². The van der Waals surface area contributed by atoms with Crippen LogP contribution in [0.2, 0.25) is 10.0 Å². The Morgan fingerprint density at radius 3 is 2.60 bits per heavy atom. The zero-order valence-electron chi connectivity index (χ0n) is 19.5. The van der Waals surface area contributed by atoms with Crippen LogP contribution in [0, 0.1) is 11.3 Å². The molecule has 2 heterocycles. The number of furan rings is 1. The van der Waals surface area contributed by atoms with Gasteiger partial charge >= 0.3 is 0 Å². The highest BCUT2D eigenvalue weighted by molar-refractivity contribution is 7.80. The minimum absolute atomic E-state index is 0.0472. The van der Waals surface area contributed by atoms with Crippen LogP contribution in [0.1, 0.15) is 58.5 Å². The smallest absolute Gasteiger partial charge is 0.293 e. The van der Waals surface area contributed by atoms with Gasteiger partial charge in [-0.05, 0) is 78.7 Å². The summed E-state index contributed by atoms with van der Waals surface area (Å²) in [6.45, 7) is 6.70. The lowest BCUT2D eigenvalue weighted by Gasteiger charge is -2.33. The third-order valence-corrected chi connectivity index (χ3v) is 8.14. The number of nitrogens with two attached hydrogens (primary N) is 1. The predicted octanol–water partition coefficient (Wildman–Crippen LogP) is 6.69. The maximum Gasteiger partial charge on any atom is 0.293 e. The number of primary amides is 1. The number of amides is 2. The largest absolute Gasteiger partial charge is 0.451 e. The summed E-state index contributed by atoms with van der Waals surface area (Å²) in [5.74, 6) is -0.0524. The first-order valence-electron chi connectivity index (χ1n) is 11.1. The lowest BCUT2D eigenvalue weighted by atomic mass is 9.72. The van der Waals surface area contributed by atoms with Crippen LogP contribution in [0.25, 0.3) is 11.3 Å². The number of anilines is 1. The van der Waals surface area contributed by atoms with E-state index in [1.165, 1.54) is 17.4 Å². The van der Waals surface area contributed by atoms with Gasteiger partial charge in [0, 0.05) is 15.5 Å². The zero-order chi connectivity index (χ0) is 25.5. The van der Waals surface area contributed by atoms with Crippen molar-refractivity contribution < 1.29 is 14.0 Å². The van der Waals surface area contributed by atoms with Crippen molar-refractivity contribution in [1.29, 1.82) is 0 Å². The predicted molar refractivity (Wildman–Crippen MR) is 146 cm³/mol. The number of thiophene rings is 1. The number of rotatable bonds is 4. The van der Waals surface area contributed by atoms with E-state index in [1.54, 1.807) is 24.3 Å². The molecule has 4 N–H and O–H groups in total. The Morgan fingerprint density at radius 1 is 1.20 bits per heavy atom. The number of carbonyl (C=O) groups excluding carboxylic acids is 2. The first kappa shape index (κ1) is 25.7. The quantitative estimate of drug-likeness (QED) is 0.315. The Balaban J connectivity index is 1.48. The molecule has 0 fully saturated rings. The molecule has 4 rings (SSSR count). The van der Waals surface area contributed by atoms with Gasteiger partial charge in [0.1, 0.15) is 10.8 Å². The molecule has 0 bridgehead atoms. The maximum atomic E-state index is 12.7. The molecule has 3 aromatic rings. The third kappa shape index (κ3) is 5.56. The van der Waals surface area contributed by atoms with E-state index in [0.717, 1.165) is 29.7 Å². The molecule has 35 heavy (non-hydrogen) atoms. The van der Waals surface area contributed by atoms with Crippen molar-refractivity contribution in [2.24, 2.45) is 17.1 Å². The summed E-state index contributed by atoms with van der Waals surface area (Å²) in [6.07, 6.45) is 2.66. The van der Waals surface area contributed by atoms with Crippen molar-refractivity contribution in [3.05, 3.63) is 62.1 Å². The fourth-order valence-corrected chi connectivity index (χ4v) is 6.37. The number of hydrogen-bond acceptors (Lipinski definition) is 5. The molecule has 0 radical (unpaired) electrons. The van der Waals surface area contributed by atoms with E-state index >= 15 is 0 Å². The van der Waals surface area contributed by atoms with Crippen molar-refractivity contribution in [2.75, 3.05) is 5.32 Å². The summed E-state index contributed by atoms with van der Waals surface area (Å²) in [4.78, 5) is 26.1. The number of nitrogens with one attached hydrogen (secondary N) is 2. The van der Waals surface area contributed by atoms with Crippen LogP contribution in [0.5, 0.6) is 0 Å². The number of thiocarbonyl (C=S) groups is 1. The monoisotopic (exact) mass is 549 g/mol. The van der Waals surface area contributed by atoms with E-state index in [0.29, 0.717) is 37.9 Å². The van der Waals surface area contributed by atoms with Gasteiger partial charge in [-0.1, -0.05) is 44.0 Å². The van der Waals surface area contributed by atoms with Gasteiger partial charge in [-0.3, -0.25) is 14.9 Å². The lowest BCUT2D eigenvalue weighted by molar-refractivity contribution is 0.0950. The highest BCUT2D eigenvalue weighted by Crippen LogP contribution is 2.44. The number of halogens is 2. The van der Waals surface area contributed by atoms with Gasteiger partial charge in [0.15, 0.2) is 10.9 Å². The highest BCUT2D eigenvalue weighted by Gasteiger charge is 2.33. The topological polar surface area (TPSA) is 97.4 Å². The summed E-state index contributed by atoms with van der Waals surface area (Å²) >= 11 is 19.0. The Labute approximate surface area is 223 Å². The molecular weight excluding hydrogens is 525 g/mol. The van der Waals surface area contributed by atoms with Crippen LogP contribution in [0.3, 0.4) is 0 Å². The van der Waals surface area contributed by atoms with Crippen LogP contribution >= 0.6 is 46.8 Å². The molecule has 1 aliphatic rings. The average Bonchev–Trinajstić information content (AvgIpc) is 3.37. The van der Waals surface area contributed by atoms with E-state index in [4.69, 9.17) is 45.6 Å². The average molecular weight is 551 g/mol. The molecule has 2 amide bonds. The fourth-order valence-electron chi connectivity index (χ4n) is 4.27. The fraction of sp³-hybridized carbons (Fsp3) is 0.320.